The molecule has 1 aromatic carbocycles. The van der Waals surface area contributed by atoms with Crippen LogP contribution in [0.1, 0.15) is 5.56 Å². The Morgan fingerprint density at radius 1 is 1.14 bits per heavy atom. The molecule has 0 saturated carbocycles. The summed E-state index contributed by atoms with van der Waals surface area (Å²) in [7, 11) is 0. The number of hydrogen-bond acceptors (Lipinski definition) is 5. The zero-order valence-corrected chi connectivity index (χ0v) is 13.0. The number of nitrogens with one attached hydrogen (secondary N) is 1. The Bertz CT molecular complexity index is 727. The number of hydrogen-bond donors (Lipinski definition) is 1. The van der Waals surface area contributed by atoms with Gasteiger partial charge in [-0.25, -0.2) is 4.98 Å². The molecule has 3 aromatic rings. The first-order valence-corrected chi connectivity index (χ1v) is 7.72. The van der Waals surface area contributed by atoms with E-state index in [2.05, 4.69) is 25.1 Å². The molecule has 106 valence electrons. The van der Waals surface area contributed by atoms with Crippen LogP contribution in [0.2, 0.25) is 10.0 Å². The van der Waals surface area contributed by atoms with Crippen molar-refractivity contribution in [3.8, 4) is 11.5 Å². The maximum absolute atomic E-state index is 6.13. The highest BCUT2D eigenvalue weighted by molar-refractivity contribution is 7.98. The molecular formula is C13H9Cl2N5S. The van der Waals surface area contributed by atoms with Gasteiger partial charge in [0, 0.05) is 28.2 Å². The monoisotopic (exact) mass is 337 g/mol. The van der Waals surface area contributed by atoms with Crippen molar-refractivity contribution >= 4 is 35.0 Å². The van der Waals surface area contributed by atoms with Crippen LogP contribution >= 0.6 is 35.0 Å². The lowest BCUT2D eigenvalue weighted by molar-refractivity contribution is 0.972. The van der Waals surface area contributed by atoms with Gasteiger partial charge in [0.15, 0.2) is 5.82 Å². The molecule has 0 aliphatic carbocycles. The number of nitrogens with zero attached hydrogens (tertiary/aromatic N) is 4. The quantitative estimate of drug-likeness (QED) is 0.732. The first-order chi connectivity index (χ1) is 10.2. The molecule has 0 spiro atoms. The Balaban J connectivity index is 1.74. The lowest BCUT2D eigenvalue weighted by Gasteiger charge is -2.04. The van der Waals surface area contributed by atoms with Crippen LogP contribution in [0.15, 0.2) is 41.9 Å². The van der Waals surface area contributed by atoms with Gasteiger partial charge in [0.1, 0.15) is 5.69 Å². The van der Waals surface area contributed by atoms with E-state index in [4.69, 9.17) is 23.2 Å². The number of halogens is 2. The zero-order chi connectivity index (χ0) is 14.7. The third-order valence-corrected chi connectivity index (χ3v) is 4.26. The fourth-order valence-electron chi connectivity index (χ4n) is 1.65. The fourth-order valence-corrected chi connectivity index (χ4v) is 3.19. The van der Waals surface area contributed by atoms with E-state index in [1.165, 1.54) is 11.8 Å². The number of aromatic amines is 1. The van der Waals surface area contributed by atoms with Gasteiger partial charge in [-0.3, -0.25) is 10.1 Å². The fraction of sp³-hybridized carbons (Fsp3) is 0.0769. The minimum absolute atomic E-state index is 0.579. The van der Waals surface area contributed by atoms with E-state index in [1.54, 1.807) is 18.6 Å². The van der Waals surface area contributed by atoms with Crippen LogP contribution < -0.4 is 0 Å². The predicted molar refractivity (Wildman–Crippen MR) is 83.4 cm³/mol. The third-order valence-electron chi connectivity index (χ3n) is 2.68. The topological polar surface area (TPSA) is 67.3 Å². The van der Waals surface area contributed by atoms with E-state index >= 15 is 0 Å². The predicted octanol–water partition coefficient (Wildman–Crippen LogP) is 3.86. The van der Waals surface area contributed by atoms with Crippen molar-refractivity contribution in [2.75, 3.05) is 0 Å². The summed E-state index contributed by atoms with van der Waals surface area (Å²) in [5.74, 6) is 1.17. The van der Waals surface area contributed by atoms with Gasteiger partial charge in [-0.15, -0.1) is 5.10 Å². The van der Waals surface area contributed by atoms with Gasteiger partial charge in [0.25, 0.3) is 0 Å². The maximum atomic E-state index is 6.13. The van der Waals surface area contributed by atoms with Crippen molar-refractivity contribution in [3.63, 3.8) is 0 Å². The molecule has 0 unspecified atom stereocenters. The Morgan fingerprint density at radius 2 is 1.95 bits per heavy atom. The normalized spacial score (nSPS) is 10.8. The van der Waals surface area contributed by atoms with Gasteiger partial charge in [-0.2, -0.15) is 4.98 Å². The minimum Gasteiger partial charge on any atom is -0.261 e. The van der Waals surface area contributed by atoms with Crippen LogP contribution in [0, 0.1) is 0 Å². The minimum atomic E-state index is 0.579. The number of aromatic nitrogens is 5. The Kier molecular flexibility index (Phi) is 4.38. The van der Waals surface area contributed by atoms with Crippen molar-refractivity contribution in [1.29, 1.82) is 0 Å². The lowest BCUT2D eigenvalue weighted by atomic mass is 10.2. The summed E-state index contributed by atoms with van der Waals surface area (Å²) >= 11 is 13.7. The van der Waals surface area contributed by atoms with E-state index < -0.39 is 0 Å². The molecule has 8 heteroatoms. The summed E-state index contributed by atoms with van der Waals surface area (Å²) in [6.07, 6.45) is 4.84. The van der Waals surface area contributed by atoms with E-state index in [1.807, 2.05) is 18.2 Å². The Hall–Kier alpha value is -1.63. The first kappa shape index (κ1) is 14.3. The summed E-state index contributed by atoms with van der Waals surface area (Å²) in [4.78, 5) is 12.5. The molecule has 0 atom stereocenters. The van der Waals surface area contributed by atoms with Crippen molar-refractivity contribution in [2.45, 2.75) is 10.9 Å². The number of H-pyrrole nitrogens is 1. The lowest BCUT2D eigenvalue weighted by Crippen LogP contribution is -1.87. The van der Waals surface area contributed by atoms with Gasteiger partial charge in [0.2, 0.25) is 5.16 Å². The highest BCUT2D eigenvalue weighted by atomic mass is 35.5. The van der Waals surface area contributed by atoms with E-state index in [9.17, 15) is 0 Å². The second-order valence-electron chi connectivity index (χ2n) is 4.05. The highest BCUT2D eigenvalue weighted by Gasteiger charge is 2.10. The molecule has 21 heavy (non-hydrogen) atoms. The van der Waals surface area contributed by atoms with Crippen LogP contribution in [-0.2, 0) is 5.75 Å². The highest BCUT2D eigenvalue weighted by Crippen LogP contribution is 2.30. The largest absolute Gasteiger partial charge is 0.261 e. The second kappa shape index (κ2) is 6.43. The average molecular weight is 338 g/mol. The number of benzene rings is 1. The summed E-state index contributed by atoms with van der Waals surface area (Å²) in [6, 6.07) is 5.44. The van der Waals surface area contributed by atoms with Gasteiger partial charge in [-0.1, -0.05) is 41.0 Å². The summed E-state index contributed by atoms with van der Waals surface area (Å²) in [6.45, 7) is 0. The summed E-state index contributed by atoms with van der Waals surface area (Å²) < 4.78 is 0. The smallest absolute Gasteiger partial charge is 0.209 e. The van der Waals surface area contributed by atoms with Gasteiger partial charge >= 0.3 is 0 Å². The van der Waals surface area contributed by atoms with Crippen LogP contribution in [0.5, 0.6) is 0 Å². The SMILES string of the molecule is Clc1cccc(Cl)c1CSc1n[nH]c(-c2cnccn2)n1. The van der Waals surface area contributed by atoms with Crippen LogP contribution in [-0.4, -0.2) is 25.1 Å². The van der Waals surface area contributed by atoms with Crippen LogP contribution in [0.4, 0.5) is 0 Å². The molecule has 0 bridgehead atoms. The van der Waals surface area contributed by atoms with E-state index in [-0.39, 0.29) is 0 Å². The van der Waals surface area contributed by atoms with Crippen molar-refractivity contribution in [3.05, 3.63) is 52.4 Å². The van der Waals surface area contributed by atoms with E-state index in [0.717, 1.165) is 5.56 Å². The van der Waals surface area contributed by atoms with Crippen LogP contribution in [0.3, 0.4) is 0 Å². The second-order valence-corrected chi connectivity index (χ2v) is 5.80. The van der Waals surface area contributed by atoms with Crippen molar-refractivity contribution in [2.24, 2.45) is 0 Å². The first-order valence-electron chi connectivity index (χ1n) is 5.98. The Morgan fingerprint density at radius 3 is 2.67 bits per heavy atom. The average Bonchev–Trinajstić information content (AvgIpc) is 2.97. The molecule has 0 fully saturated rings. The van der Waals surface area contributed by atoms with Crippen LogP contribution in [0.25, 0.3) is 11.5 Å². The van der Waals surface area contributed by atoms with E-state index in [0.29, 0.717) is 32.5 Å². The molecule has 5 nitrogen and oxygen atoms in total. The summed E-state index contributed by atoms with van der Waals surface area (Å²) in [5.41, 5.74) is 1.52. The summed E-state index contributed by atoms with van der Waals surface area (Å²) in [5, 5.41) is 8.86. The molecule has 0 amide bonds. The molecule has 0 radical (unpaired) electrons. The molecular weight excluding hydrogens is 329 g/mol. The molecule has 0 aliphatic heterocycles. The molecule has 0 aliphatic rings. The van der Waals surface area contributed by atoms with Crippen molar-refractivity contribution in [1.82, 2.24) is 25.1 Å². The number of thioether (sulfide) groups is 1. The van der Waals surface area contributed by atoms with Gasteiger partial charge in [0.05, 0.1) is 6.20 Å². The van der Waals surface area contributed by atoms with Gasteiger partial charge in [-0.05, 0) is 17.7 Å². The Labute approximate surface area is 135 Å². The molecule has 1 N–H and O–H groups in total. The number of rotatable bonds is 4. The van der Waals surface area contributed by atoms with Gasteiger partial charge < -0.3 is 0 Å². The van der Waals surface area contributed by atoms with Crippen molar-refractivity contribution < 1.29 is 0 Å². The standard InChI is InChI=1S/C13H9Cl2N5S/c14-9-2-1-3-10(15)8(9)7-21-13-18-12(19-20-13)11-6-16-4-5-17-11/h1-6H,7H2,(H,18,19,20). The maximum Gasteiger partial charge on any atom is 0.209 e. The molecule has 2 heterocycles. The molecule has 2 aromatic heterocycles. The molecule has 3 rings (SSSR count). The third kappa shape index (κ3) is 3.34. The zero-order valence-electron chi connectivity index (χ0n) is 10.6. The molecule has 0 saturated heterocycles.